The average Bonchev–Trinajstić information content (AvgIpc) is 2.36. The fourth-order valence-electron chi connectivity index (χ4n) is 2.12. The Hall–Kier alpha value is -0.650. The molecule has 0 saturated carbocycles. The molecule has 1 aliphatic heterocycles. The van der Waals surface area contributed by atoms with Crippen LogP contribution in [0.4, 0.5) is 0 Å². The van der Waals surface area contributed by atoms with Crippen molar-refractivity contribution in [3.8, 4) is 0 Å². The summed E-state index contributed by atoms with van der Waals surface area (Å²) >= 11 is 0. The molecule has 1 aliphatic rings. The van der Waals surface area contributed by atoms with Gasteiger partial charge >= 0.3 is 0 Å². The summed E-state index contributed by atoms with van der Waals surface area (Å²) in [6, 6.07) is -0.0124. The third-order valence-electron chi connectivity index (χ3n) is 3.33. The van der Waals surface area contributed by atoms with Crippen LogP contribution in [0, 0.1) is 0 Å². The molecule has 0 spiro atoms. The summed E-state index contributed by atoms with van der Waals surface area (Å²) in [6.07, 6.45) is 0.989. The molecule has 1 amide bonds. The van der Waals surface area contributed by atoms with Crippen molar-refractivity contribution >= 4 is 5.91 Å². The topological polar surface area (TPSA) is 61.6 Å². The van der Waals surface area contributed by atoms with Gasteiger partial charge in [-0.15, -0.1) is 0 Å². The van der Waals surface area contributed by atoms with E-state index in [1.807, 2.05) is 6.92 Å². The SMILES string of the molecule is CCCNC(=O)C(C)N1CCN(CCN)CC1. The number of nitrogens with one attached hydrogen (secondary N) is 1. The molecule has 5 nitrogen and oxygen atoms in total. The summed E-state index contributed by atoms with van der Waals surface area (Å²) in [6.45, 7) is 10.5. The summed E-state index contributed by atoms with van der Waals surface area (Å²) in [5.74, 6) is 0.152. The lowest BCUT2D eigenvalue weighted by molar-refractivity contribution is -0.126. The van der Waals surface area contributed by atoms with Gasteiger partial charge in [0.05, 0.1) is 6.04 Å². The van der Waals surface area contributed by atoms with E-state index in [0.717, 1.165) is 45.7 Å². The van der Waals surface area contributed by atoms with Gasteiger partial charge in [0.25, 0.3) is 0 Å². The van der Waals surface area contributed by atoms with Crippen LogP contribution in [0.3, 0.4) is 0 Å². The van der Waals surface area contributed by atoms with Crippen LogP contribution in [0.25, 0.3) is 0 Å². The van der Waals surface area contributed by atoms with Crippen LogP contribution < -0.4 is 11.1 Å². The van der Waals surface area contributed by atoms with E-state index in [0.29, 0.717) is 6.54 Å². The Bertz CT molecular complexity index is 227. The standard InChI is InChI=1S/C12H26N4O/c1-3-5-14-12(17)11(2)16-9-7-15(6-4-13)8-10-16/h11H,3-10,13H2,1-2H3,(H,14,17). The molecule has 17 heavy (non-hydrogen) atoms. The first-order chi connectivity index (χ1) is 8.19. The first-order valence-corrected chi connectivity index (χ1v) is 6.63. The molecular formula is C12H26N4O. The fourth-order valence-corrected chi connectivity index (χ4v) is 2.12. The second-order valence-electron chi connectivity index (χ2n) is 4.63. The van der Waals surface area contributed by atoms with E-state index in [4.69, 9.17) is 5.73 Å². The number of nitrogens with zero attached hydrogens (tertiary/aromatic N) is 2. The molecule has 1 fully saturated rings. The van der Waals surface area contributed by atoms with E-state index in [9.17, 15) is 4.79 Å². The van der Waals surface area contributed by atoms with Crippen molar-refractivity contribution < 1.29 is 4.79 Å². The molecule has 0 aromatic carbocycles. The van der Waals surface area contributed by atoms with E-state index in [1.165, 1.54) is 0 Å². The Morgan fingerprint density at radius 3 is 2.53 bits per heavy atom. The largest absolute Gasteiger partial charge is 0.355 e. The van der Waals surface area contributed by atoms with Gasteiger partial charge in [-0.3, -0.25) is 14.6 Å². The maximum Gasteiger partial charge on any atom is 0.237 e. The lowest BCUT2D eigenvalue weighted by atomic mass is 10.2. The second-order valence-corrected chi connectivity index (χ2v) is 4.63. The number of piperazine rings is 1. The first kappa shape index (κ1) is 14.4. The molecule has 100 valence electrons. The predicted molar refractivity (Wildman–Crippen MR) is 69.8 cm³/mol. The lowest BCUT2D eigenvalue weighted by Crippen LogP contribution is -2.54. The molecule has 0 aromatic rings. The highest BCUT2D eigenvalue weighted by molar-refractivity contribution is 5.81. The summed E-state index contributed by atoms with van der Waals surface area (Å²) in [7, 11) is 0. The van der Waals surface area contributed by atoms with Gasteiger partial charge in [0.2, 0.25) is 5.91 Å². The Morgan fingerprint density at radius 2 is 2.00 bits per heavy atom. The van der Waals surface area contributed by atoms with E-state index in [1.54, 1.807) is 0 Å². The van der Waals surface area contributed by atoms with Crippen molar-refractivity contribution in [3.05, 3.63) is 0 Å². The Morgan fingerprint density at radius 1 is 1.35 bits per heavy atom. The van der Waals surface area contributed by atoms with Gasteiger partial charge in [0.15, 0.2) is 0 Å². The maximum atomic E-state index is 11.8. The number of hydrogen-bond acceptors (Lipinski definition) is 4. The van der Waals surface area contributed by atoms with Crippen LogP contribution in [-0.2, 0) is 4.79 Å². The van der Waals surface area contributed by atoms with Crippen LogP contribution in [0.1, 0.15) is 20.3 Å². The van der Waals surface area contributed by atoms with Crippen LogP contribution in [-0.4, -0.2) is 67.6 Å². The summed E-state index contributed by atoms with van der Waals surface area (Å²) in [5.41, 5.74) is 5.54. The molecule has 0 radical (unpaired) electrons. The zero-order chi connectivity index (χ0) is 12.7. The maximum absolute atomic E-state index is 11.8. The minimum Gasteiger partial charge on any atom is -0.355 e. The molecule has 1 atom stereocenters. The first-order valence-electron chi connectivity index (χ1n) is 6.63. The van der Waals surface area contributed by atoms with Crippen molar-refractivity contribution in [2.75, 3.05) is 45.8 Å². The quantitative estimate of drug-likeness (QED) is 0.658. The number of carbonyl (C=O) groups is 1. The molecule has 1 saturated heterocycles. The third-order valence-corrected chi connectivity index (χ3v) is 3.33. The van der Waals surface area contributed by atoms with Gasteiger partial charge in [-0.25, -0.2) is 0 Å². The predicted octanol–water partition coefficient (Wildman–Crippen LogP) is -0.523. The Kier molecular flexibility index (Phi) is 6.47. The number of amides is 1. The van der Waals surface area contributed by atoms with Crippen molar-refractivity contribution in [2.45, 2.75) is 26.3 Å². The minimum absolute atomic E-state index is 0.0124. The molecular weight excluding hydrogens is 216 g/mol. The minimum atomic E-state index is -0.0124. The monoisotopic (exact) mass is 242 g/mol. The number of hydrogen-bond donors (Lipinski definition) is 2. The Labute approximate surface area is 104 Å². The zero-order valence-electron chi connectivity index (χ0n) is 11.1. The van der Waals surface area contributed by atoms with Gasteiger partial charge in [-0.1, -0.05) is 6.92 Å². The highest BCUT2D eigenvalue weighted by Gasteiger charge is 2.24. The molecule has 1 rings (SSSR count). The molecule has 0 bridgehead atoms. The smallest absolute Gasteiger partial charge is 0.237 e. The van der Waals surface area contributed by atoms with Gasteiger partial charge in [0.1, 0.15) is 0 Å². The number of carbonyl (C=O) groups excluding carboxylic acids is 1. The zero-order valence-corrected chi connectivity index (χ0v) is 11.1. The van der Waals surface area contributed by atoms with Crippen LogP contribution in [0.2, 0.25) is 0 Å². The molecule has 0 aromatic heterocycles. The fraction of sp³-hybridized carbons (Fsp3) is 0.917. The van der Waals surface area contributed by atoms with E-state index in [-0.39, 0.29) is 11.9 Å². The summed E-state index contributed by atoms with van der Waals surface area (Å²) < 4.78 is 0. The van der Waals surface area contributed by atoms with Crippen molar-refractivity contribution in [3.63, 3.8) is 0 Å². The van der Waals surface area contributed by atoms with Crippen molar-refractivity contribution in [1.82, 2.24) is 15.1 Å². The highest BCUT2D eigenvalue weighted by atomic mass is 16.2. The summed E-state index contributed by atoms with van der Waals surface area (Å²) in [4.78, 5) is 16.4. The normalized spacial score (nSPS) is 20.2. The average molecular weight is 242 g/mol. The van der Waals surface area contributed by atoms with Crippen LogP contribution >= 0.6 is 0 Å². The lowest BCUT2D eigenvalue weighted by Gasteiger charge is -2.37. The van der Waals surface area contributed by atoms with Gasteiger partial charge in [0, 0.05) is 45.8 Å². The molecule has 5 heteroatoms. The van der Waals surface area contributed by atoms with Gasteiger partial charge in [-0.2, -0.15) is 0 Å². The van der Waals surface area contributed by atoms with E-state index in [2.05, 4.69) is 22.0 Å². The number of rotatable bonds is 6. The van der Waals surface area contributed by atoms with Crippen LogP contribution in [0.5, 0.6) is 0 Å². The molecule has 3 N–H and O–H groups in total. The molecule has 1 unspecified atom stereocenters. The van der Waals surface area contributed by atoms with E-state index >= 15 is 0 Å². The highest BCUT2D eigenvalue weighted by Crippen LogP contribution is 2.06. The van der Waals surface area contributed by atoms with E-state index < -0.39 is 0 Å². The van der Waals surface area contributed by atoms with Crippen LogP contribution in [0.15, 0.2) is 0 Å². The number of nitrogens with two attached hydrogens (primary N) is 1. The van der Waals surface area contributed by atoms with Gasteiger partial charge in [-0.05, 0) is 13.3 Å². The molecule has 0 aliphatic carbocycles. The summed E-state index contributed by atoms with van der Waals surface area (Å²) in [5, 5.41) is 2.95. The molecule has 1 heterocycles. The third kappa shape index (κ3) is 4.61. The van der Waals surface area contributed by atoms with Crippen molar-refractivity contribution in [2.24, 2.45) is 5.73 Å². The second kappa shape index (κ2) is 7.63. The Balaban J connectivity index is 2.29. The van der Waals surface area contributed by atoms with Gasteiger partial charge < -0.3 is 11.1 Å². The van der Waals surface area contributed by atoms with Crippen molar-refractivity contribution in [1.29, 1.82) is 0 Å².